The van der Waals surface area contributed by atoms with E-state index >= 15 is 0 Å². The normalized spacial score (nSPS) is 17.2. The Kier molecular flexibility index (Phi) is 3.74. The van der Waals surface area contributed by atoms with Crippen LogP contribution < -0.4 is 4.74 Å². The van der Waals surface area contributed by atoms with Gasteiger partial charge in [0.05, 0.1) is 4.83 Å². The smallest absolute Gasteiger partial charge is 0.129 e. The number of fused-ring (bicyclic) bond motifs is 1. The maximum Gasteiger partial charge on any atom is 0.129 e. The third-order valence-electron chi connectivity index (χ3n) is 3.63. The lowest BCUT2D eigenvalue weighted by Gasteiger charge is -2.16. The zero-order valence-corrected chi connectivity index (χ0v) is 14.1. The van der Waals surface area contributed by atoms with Crippen molar-refractivity contribution < 1.29 is 9.13 Å². The van der Waals surface area contributed by atoms with E-state index in [1.165, 1.54) is 6.07 Å². The molecule has 0 amide bonds. The van der Waals surface area contributed by atoms with Gasteiger partial charge in [-0.25, -0.2) is 4.39 Å². The summed E-state index contributed by atoms with van der Waals surface area (Å²) in [4.78, 5) is -0.278. The number of benzene rings is 2. The van der Waals surface area contributed by atoms with Gasteiger partial charge in [-0.15, -0.1) is 0 Å². The number of hydrogen-bond donors (Lipinski definition) is 0. The van der Waals surface area contributed by atoms with Crippen molar-refractivity contribution in [2.24, 2.45) is 0 Å². The Morgan fingerprint density at radius 1 is 1.29 bits per heavy atom. The molecule has 0 spiro atoms. The Hall–Kier alpha value is -1.06. The first-order valence-electron chi connectivity index (χ1n) is 6.77. The summed E-state index contributed by atoms with van der Waals surface area (Å²) in [6.45, 7) is 4.12. The summed E-state index contributed by atoms with van der Waals surface area (Å²) < 4.78 is 19.9. The molecule has 0 saturated carbocycles. The van der Waals surface area contributed by atoms with E-state index in [1.54, 1.807) is 12.1 Å². The van der Waals surface area contributed by atoms with Crippen LogP contribution in [0, 0.1) is 5.82 Å². The van der Waals surface area contributed by atoms with Crippen LogP contribution in [-0.2, 0) is 6.42 Å². The molecule has 0 fully saturated rings. The van der Waals surface area contributed by atoms with E-state index in [0.717, 1.165) is 23.3 Å². The van der Waals surface area contributed by atoms with Gasteiger partial charge in [-0.2, -0.15) is 0 Å². The Labute approximate surface area is 137 Å². The second-order valence-corrected chi connectivity index (χ2v) is 7.23. The van der Waals surface area contributed by atoms with Crippen LogP contribution >= 0.6 is 27.5 Å². The highest BCUT2D eigenvalue weighted by atomic mass is 79.9. The molecule has 2 aromatic rings. The number of hydrogen-bond acceptors (Lipinski definition) is 1. The fraction of sp³-hybridized carbons (Fsp3) is 0.294. The zero-order valence-electron chi connectivity index (χ0n) is 11.8. The van der Waals surface area contributed by atoms with Crippen LogP contribution in [0.15, 0.2) is 36.4 Å². The minimum absolute atomic E-state index is 0.182. The second kappa shape index (κ2) is 5.29. The summed E-state index contributed by atoms with van der Waals surface area (Å²) in [5.41, 5.74) is 2.41. The largest absolute Gasteiger partial charge is 0.487 e. The molecule has 21 heavy (non-hydrogen) atoms. The highest BCUT2D eigenvalue weighted by molar-refractivity contribution is 9.09. The van der Waals surface area contributed by atoms with Crippen LogP contribution in [0.1, 0.15) is 35.4 Å². The molecule has 0 bridgehead atoms. The molecule has 4 heteroatoms. The minimum Gasteiger partial charge on any atom is -0.487 e. The molecule has 3 rings (SSSR count). The highest BCUT2D eigenvalue weighted by Gasteiger charge is 2.30. The summed E-state index contributed by atoms with van der Waals surface area (Å²) in [6, 6.07) is 10.7. The first-order chi connectivity index (χ1) is 9.87. The molecular weight excluding hydrogens is 355 g/mol. The predicted molar refractivity (Wildman–Crippen MR) is 87.0 cm³/mol. The molecule has 1 aliphatic heterocycles. The molecule has 0 aromatic heterocycles. The van der Waals surface area contributed by atoms with Crippen molar-refractivity contribution in [2.45, 2.75) is 30.7 Å². The minimum atomic E-state index is -0.304. The molecule has 0 aliphatic carbocycles. The number of rotatable bonds is 2. The third kappa shape index (κ3) is 2.82. The van der Waals surface area contributed by atoms with Gasteiger partial charge >= 0.3 is 0 Å². The molecule has 2 aromatic carbocycles. The Morgan fingerprint density at radius 2 is 2.05 bits per heavy atom. The SMILES string of the molecule is CC1(C)Cc2cc(C(Br)c3c(F)cccc3Cl)ccc2O1. The van der Waals surface area contributed by atoms with Crippen molar-refractivity contribution in [1.82, 2.24) is 0 Å². The quantitative estimate of drug-likeness (QED) is 0.619. The van der Waals surface area contributed by atoms with E-state index in [2.05, 4.69) is 35.8 Å². The average Bonchev–Trinajstić information content (AvgIpc) is 2.70. The molecule has 1 nitrogen and oxygen atoms in total. The van der Waals surface area contributed by atoms with Crippen molar-refractivity contribution in [2.75, 3.05) is 0 Å². The van der Waals surface area contributed by atoms with Crippen LogP contribution in [0.25, 0.3) is 0 Å². The maximum atomic E-state index is 14.0. The molecule has 0 N–H and O–H groups in total. The molecule has 1 heterocycles. The van der Waals surface area contributed by atoms with Gasteiger partial charge in [-0.3, -0.25) is 0 Å². The fourth-order valence-electron chi connectivity index (χ4n) is 2.71. The third-order valence-corrected chi connectivity index (χ3v) is 4.95. The lowest BCUT2D eigenvalue weighted by Crippen LogP contribution is -2.24. The predicted octanol–water partition coefficient (Wildman–Crippen LogP) is 5.68. The Morgan fingerprint density at radius 3 is 2.76 bits per heavy atom. The van der Waals surface area contributed by atoms with E-state index in [1.807, 2.05) is 12.1 Å². The standard InChI is InChI=1S/C17H15BrClFO/c1-17(2)9-11-8-10(6-7-14(11)21-17)16(18)15-12(19)4-3-5-13(15)20/h3-8,16H,9H2,1-2H3. The van der Waals surface area contributed by atoms with Crippen LogP contribution in [-0.4, -0.2) is 5.60 Å². The monoisotopic (exact) mass is 368 g/mol. The first kappa shape index (κ1) is 14.9. The van der Waals surface area contributed by atoms with Crippen molar-refractivity contribution in [3.63, 3.8) is 0 Å². The van der Waals surface area contributed by atoms with Gasteiger partial charge in [0.2, 0.25) is 0 Å². The molecule has 1 unspecified atom stereocenters. The van der Waals surface area contributed by atoms with Gasteiger partial charge in [0.15, 0.2) is 0 Å². The molecule has 0 radical (unpaired) electrons. The maximum absolute atomic E-state index is 14.0. The Balaban J connectivity index is 1.99. The topological polar surface area (TPSA) is 9.23 Å². The summed E-state index contributed by atoms with van der Waals surface area (Å²) >= 11 is 9.71. The van der Waals surface area contributed by atoms with E-state index < -0.39 is 0 Å². The van der Waals surface area contributed by atoms with Crippen LogP contribution in [0.3, 0.4) is 0 Å². The molecule has 0 saturated heterocycles. The van der Waals surface area contributed by atoms with Gasteiger partial charge < -0.3 is 4.74 Å². The first-order valence-corrected chi connectivity index (χ1v) is 8.06. The van der Waals surface area contributed by atoms with Gasteiger partial charge in [0.1, 0.15) is 17.2 Å². The van der Waals surface area contributed by atoms with Gasteiger partial charge in [0.25, 0.3) is 0 Å². The molecule has 1 aliphatic rings. The van der Waals surface area contributed by atoms with Crippen LogP contribution in [0.2, 0.25) is 5.02 Å². The summed E-state index contributed by atoms with van der Waals surface area (Å²) in [5.74, 6) is 0.601. The highest BCUT2D eigenvalue weighted by Crippen LogP contribution is 2.41. The Bertz CT molecular complexity index is 679. The van der Waals surface area contributed by atoms with E-state index in [0.29, 0.717) is 10.6 Å². The fourth-order valence-corrected chi connectivity index (χ4v) is 3.86. The van der Waals surface area contributed by atoms with E-state index in [-0.39, 0.29) is 16.2 Å². The lowest BCUT2D eigenvalue weighted by atomic mass is 9.97. The number of halogens is 3. The molecule has 110 valence electrons. The number of ether oxygens (including phenoxy) is 1. The van der Waals surface area contributed by atoms with Gasteiger partial charge in [-0.1, -0.05) is 45.7 Å². The molecule has 1 atom stereocenters. The summed E-state index contributed by atoms with van der Waals surface area (Å²) in [6.07, 6.45) is 0.848. The van der Waals surface area contributed by atoms with Crippen molar-refractivity contribution in [3.05, 3.63) is 63.9 Å². The second-order valence-electron chi connectivity index (χ2n) is 5.90. The van der Waals surface area contributed by atoms with Crippen molar-refractivity contribution in [3.8, 4) is 5.75 Å². The number of alkyl halides is 1. The average molecular weight is 370 g/mol. The van der Waals surface area contributed by atoms with E-state index in [9.17, 15) is 4.39 Å². The lowest BCUT2D eigenvalue weighted by molar-refractivity contribution is 0.138. The van der Waals surface area contributed by atoms with Gasteiger partial charge in [0, 0.05) is 17.0 Å². The van der Waals surface area contributed by atoms with Crippen LogP contribution in [0.4, 0.5) is 4.39 Å². The summed E-state index contributed by atoms with van der Waals surface area (Å²) in [7, 11) is 0. The van der Waals surface area contributed by atoms with E-state index in [4.69, 9.17) is 16.3 Å². The van der Waals surface area contributed by atoms with Gasteiger partial charge in [-0.05, 0) is 43.2 Å². The van der Waals surface area contributed by atoms with Crippen molar-refractivity contribution >= 4 is 27.5 Å². The van der Waals surface area contributed by atoms with Crippen LogP contribution in [0.5, 0.6) is 5.75 Å². The molecular formula is C17H15BrClFO. The van der Waals surface area contributed by atoms with Crippen molar-refractivity contribution in [1.29, 1.82) is 0 Å². The zero-order chi connectivity index (χ0) is 15.2. The summed E-state index contributed by atoms with van der Waals surface area (Å²) in [5, 5.41) is 0.425.